The van der Waals surface area contributed by atoms with Crippen molar-refractivity contribution in [2.75, 3.05) is 13.2 Å². The summed E-state index contributed by atoms with van der Waals surface area (Å²) in [5, 5.41) is -0.00683. The van der Waals surface area contributed by atoms with Gasteiger partial charge in [-0.2, -0.15) is 0 Å². The lowest BCUT2D eigenvalue weighted by molar-refractivity contribution is 0.119. The topological polar surface area (TPSA) is 18.5 Å². The van der Waals surface area contributed by atoms with Crippen molar-refractivity contribution < 1.29 is 9.16 Å². The molecule has 0 spiro atoms. The maximum atomic E-state index is 6.91. The molecule has 2 nitrogen and oxygen atoms in total. The summed E-state index contributed by atoms with van der Waals surface area (Å²) in [6, 6.07) is 30.8. The van der Waals surface area contributed by atoms with E-state index >= 15 is 0 Å². The van der Waals surface area contributed by atoms with Gasteiger partial charge in [0.25, 0.3) is 8.32 Å². The summed E-state index contributed by atoms with van der Waals surface area (Å²) in [6.07, 6.45) is 0. The Labute approximate surface area is 237 Å². The summed E-state index contributed by atoms with van der Waals surface area (Å²) in [5.41, 5.74) is 1.07. The number of benzene rings is 3. The molecule has 0 amide bonds. The number of halogens is 4. The highest BCUT2D eigenvalue weighted by atomic mass is 35.5. The SMILES string of the molecule is CC(C)(C)[Si](OC[C@@H](Cl)[C@H](Cl)[C@@H](Cl)[C@H](Cl)COCc1ccccc1)(c1ccccc1)c1ccccc1. The van der Waals surface area contributed by atoms with Gasteiger partial charge >= 0.3 is 0 Å². The summed E-state index contributed by atoms with van der Waals surface area (Å²) in [5.74, 6) is 0. The fraction of sp³-hybridized carbons (Fsp3) is 0.379. The van der Waals surface area contributed by atoms with Gasteiger partial charge in [0.2, 0.25) is 0 Å². The van der Waals surface area contributed by atoms with Gasteiger partial charge in [-0.1, -0.05) is 112 Å². The maximum absolute atomic E-state index is 6.91. The average Bonchev–Trinajstić information content (AvgIpc) is 2.89. The predicted molar refractivity (Wildman–Crippen MR) is 158 cm³/mol. The number of alkyl halides is 4. The normalized spacial score (nSPS) is 15.8. The monoisotopic (exact) mass is 582 g/mol. The Morgan fingerprint density at radius 1 is 0.639 bits per heavy atom. The molecule has 0 saturated carbocycles. The smallest absolute Gasteiger partial charge is 0.261 e. The van der Waals surface area contributed by atoms with E-state index in [-0.39, 0.29) is 18.3 Å². The first kappa shape index (κ1) is 29.5. The molecule has 0 aliphatic rings. The number of hydrogen-bond acceptors (Lipinski definition) is 2. The minimum Gasteiger partial charge on any atom is -0.406 e. The summed E-state index contributed by atoms with van der Waals surface area (Å²) >= 11 is 26.8. The van der Waals surface area contributed by atoms with Gasteiger partial charge in [0.1, 0.15) is 0 Å². The molecule has 0 aromatic heterocycles. The van der Waals surface area contributed by atoms with Crippen molar-refractivity contribution in [3.63, 3.8) is 0 Å². The Morgan fingerprint density at radius 3 is 1.50 bits per heavy atom. The van der Waals surface area contributed by atoms with E-state index in [9.17, 15) is 0 Å². The fourth-order valence-electron chi connectivity index (χ4n) is 4.41. The molecular formula is C29H34Cl4O2Si. The lowest BCUT2D eigenvalue weighted by atomic mass is 10.2. The highest BCUT2D eigenvalue weighted by Crippen LogP contribution is 2.37. The number of hydrogen-bond donors (Lipinski definition) is 0. The van der Waals surface area contributed by atoms with Crippen LogP contribution >= 0.6 is 46.4 Å². The van der Waals surface area contributed by atoms with E-state index < -0.39 is 29.8 Å². The molecule has 4 atom stereocenters. The van der Waals surface area contributed by atoms with Gasteiger partial charge in [-0.05, 0) is 21.0 Å². The third-order valence-corrected chi connectivity index (χ3v) is 13.6. The van der Waals surface area contributed by atoms with Crippen LogP contribution < -0.4 is 10.4 Å². The number of ether oxygens (including phenoxy) is 1. The standard InChI is InChI=1S/C29H34Cl4O2Si/c1-29(2,3)36(23-15-9-5-10-16-23,24-17-11-6-12-18-24)35-21-26(31)28(33)27(32)25(30)20-34-19-22-13-7-4-8-14-22/h4-18,25-28H,19-21H2,1-3H3/t25-,26-,27+,28+/m1/s1. The largest absolute Gasteiger partial charge is 0.406 e. The van der Waals surface area contributed by atoms with E-state index in [1.165, 1.54) is 10.4 Å². The van der Waals surface area contributed by atoms with Crippen LogP contribution in [0.4, 0.5) is 0 Å². The lowest BCUT2D eigenvalue weighted by Gasteiger charge is -2.43. The summed E-state index contributed by atoms with van der Waals surface area (Å²) in [7, 11) is -2.72. The van der Waals surface area contributed by atoms with Gasteiger partial charge in [0.15, 0.2) is 0 Å². The lowest BCUT2D eigenvalue weighted by Crippen LogP contribution is -2.67. The van der Waals surface area contributed by atoms with Gasteiger partial charge in [0, 0.05) is 0 Å². The zero-order valence-corrected chi connectivity index (χ0v) is 24.9. The first-order valence-electron chi connectivity index (χ1n) is 12.1. The molecule has 0 unspecified atom stereocenters. The molecule has 0 aliphatic heterocycles. The minimum atomic E-state index is -2.72. The van der Waals surface area contributed by atoms with Crippen molar-refractivity contribution in [2.45, 2.75) is 53.9 Å². The van der Waals surface area contributed by atoms with Gasteiger partial charge in [-0.15, -0.1) is 46.4 Å². The molecule has 0 aliphatic carbocycles. The van der Waals surface area contributed by atoms with E-state index in [0.717, 1.165) is 5.56 Å². The molecule has 0 radical (unpaired) electrons. The van der Waals surface area contributed by atoms with Crippen LogP contribution in [0.3, 0.4) is 0 Å². The first-order valence-corrected chi connectivity index (χ1v) is 15.7. The van der Waals surface area contributed by atoms with E-state index in [0.29, 0.717) is 6.61 Å². The van der Waals surface area contributed by atoms with Crippen LogP contribution in [0.5, 0.6) is 0 Å². The fourth-order valence-corrected chi connectivity index (χ4v) is 10.2. The zero-order valence-electron chi connectivity index (χ0n) is 20.9. The quantitative estimate of drug-likeness (QED) is 0.166. The summed E-state index contributed by atoms with van der Waals surface area (Å²) in [4.78, 5) is 0. The zero-order chi connectivity index (χ0) is 26.2. The first-order chi connectivity index (χ1) is 17.2. The van der Waals surface area contributed by atoms with Crippen molar-refractivity contribution >= 4 is 65.1 Å². The molecule has 3 aromatic carbocycles. The van der Waals surface area contributed by atoms with Crippen molar-refractivity contribution in [3.8, 4) is 0 Å². The molecule has 0 saturated heterocycles. The molecule has 3 aromatic rings. The molecule has 36 heavy (non-hydrogen) atoms. The molecule has 7 heteroatoms. The van der Waals surface area contributed by atoms with Crippen LogP contribution in [0.25, 0.3) is 0 Å². The molecule has 194 valence electrons. The van der Waals surface area contributed by atoms with Crippen molar-refractivity contribution in [3.05, 3.63) is 96.6 Å². The Kier molecular flexibility index (Phi) is 11.2. The minimum absolute atomic E-state index is 0.158. The second-order valence-corrected chi connectivity index (χ2v) is 16.3. The van der Waals surface area contributed by atoms with E-state index in [4.69, 9.17) is 55.6 Å². The van der Waals surface area contributed by atoms with Crippen molar-refractivity contribution in [1.29, 1.82) is 0 Å². The van der Waals surface area contributed by atoms with Crippen LogP contribution in [-0.4, -0.2) is 43.0 Å². The molecular weight excluding hydrogens is 550 g/mol. The molecule has 0 fully saturated rings. The molecule has 0 N–H and O–H groups in total. The highest BCUT2D eigenvalue weighted by Gasteiger charge is 2.50. The van der Waals surface area contributed by atoms with Crippen molar-refractivity contribution in [1.82, 2.24) is 0 Å². The van der Waals surface area contributed by atoms with Gasteiger partial charge in [0.05, 0.1) is 41.3 Å². The van der Waals surface area contributed by atoms with Gasteiger partial charge in [-0.25, -0.2) is 0 Å². The van der Waals surface area contributed by atoms with E-state index in [2.05, 4.69) is 69.3 Å². The number of rotatable bonds is 12. The Balaban J connectivity index is 1.71. The maximum Gasteiger partial charge on any atom is 0.261 e. The van der Waals surface area contributed by atoms with Crippen LogP contribution in [-0.2, 0) is 15.8 Å². The third kappa shape index (κ3) is 7.29. The van der Waals surface area contributed by atoms with Gasteiger partial charge < -0.3 is 9.16 Å². The second-order valence-electron chi connectivity index (χ2n) is 9.90. The van der Waals surface area contributed by atoms with Crippen LogP contribution in [0.2, 0.25) is 5.04 Å². The average molecular weight is 584 g/mol. The van der Waals surface area contributed by atoms with Crippen LogP contribution in [0, 0.1) is 0 Å². The Hall–Kier alpha value is -1.04. The highest BCUT2D eigenvalue weighted by molar-refractivity contribution is 6.99. The molecule has 0 bridgehead atoms. The van der Waals surface area contributed by atoms with Crippen LogP contribution in [0.1, 0.15) is 26.3 Å². The third-order valence-electron chi connectivity index (χ3n) is 6.26. The van der Waals surface area contributed by atoms with Gasteiger partial charge in [-0.3, -0.25) is 0 Å². The van der Waals surface area contributed by atoms with E-state index in [1.807, 2.05) is 42.5 Å². The van der Waals surface area contributed by atoms with Crippen LogP contribution in [0.15, 0.2) is 91.0 Å². The summed E-state index contributed by atoms with van der Waals surface area (Å²) < 4.78 is 12.7. The van der Waals surface area contributed by atoms with Crippen molar-refractivity contribution in [2.24, 2.45) is 0 Å². The molecule has 3 rings (SSSR count). The molecule has 0 heterocycles. The summed E-state index contributed by atoms with van der Waals surface area (Å²) in [6.45, 7) is 7.66. The Morgan fingerprint density at radius 2 is 1.06 bits per heavy atom. The Bertz CT molecular complexity index is 992. The van der Waals surface area contributed by atoms with E-state index in [1.54, 1.807) is 0 Å². The second kappa shape index (κ2) is 13.7. The predicted octanol–water partition coefficient (Wildman–Crippen LogP) is 7.21.